The van der Waals surface area contributed by atoms with Gasteiger partial charge in [-0.3, -0.25) is 0 Å². The fourth-order valence-corrected chi connectivity index (χ4v) is 1.76. The van der Waals surface area contributed by atoms with Crippen LogP contribution in [-0.2, 0) is 6.18 Å². The highest BCUT2D eigenvalue weighted by Gasteiger charge is 2.32. The van der Waals surface area contributed by atoms with E-state index in [1.54, 1.807) is 4.90 Å². The second-order valence-electron chi connectivity index (χ2n) is 4.05. The van der Waals surface area contributed by atoms with Gasteiger partial charge in [-0.15, -0.1) is 0 Å². The van der Waals surface area contributed by atoms with Crippen molar-refractivity contribution in [2.24, 2.45) is 0 Å². The van der Waals surface area contributed by atoms with E-state index >= 15 is 0 Å². The summed E-state index contributed by atoms with van der Waals surface area (Å²) in [5.74, 6) is 0. The highest BCUT2D eigenvalue weighted by atomic mass is 19.4. The van der Waals surface area contributed by atoms with Crippen LogP contribution in [0.5, 0.6) is 0 Å². The Balaban J connectivity index is 2.00. The van der Waals surface area contributed by atoms with E-state index in [-0.39, 0.29) is 11.7 Å². The van der Waals surface area contributed by atoms with E-state index in [1.165, 1.54) is 6.07 Å². The van der Waals surface area contributed by atoms with Crippen molar-refractivity contribution in [1.29, 1.82) is 0 Å². The molecule has 7 heteroatoms. The Morgan fingerprint density at radius 3 is 2.44 bits per heavy atom. The van der Waals surface area contributed by atoms with Crippen LogP contribution >= 0.6 is 0 Å². The van der Waals surface area contributed by atoms with Gasteiger partial charge in [0, 0.05) is 13.1 Å². The van der Waals surface area contributed by atoms with E-state index < -0.39 is 11.9 Å². The molecule has 0 aliphatic carbocycles. The Morgan fingerprint density at radius 2 is 1.94 bits per heavy atom. The maximum Gasteiger partial charge on any atom is 0.433 e. The van der Waals surface area contributed by atoms with Crippen molar-refractivity contribution in [2.45, 2.75) is 19.0 Å². The van der Waals surface area contributed by atoms with Gasteiger partial charge >= 0.3 is 12.2 Å². The second-order valence-corrected chi connectivity index (χ2v) is 4.05. The van der Waals surface area contributed by atoms with Crippen LogP contribution in [0.25, 0.3) is 0 Å². The molecular formula is C11H12F3N3O. The summed E-state index contributed by atoms with van der Waals surface area (Å²) in [5.41, 5.74) is -0.707. The Kier molecular flexibility index (Phi) is 3.40. The zero-order chi connectivity index (χ0) is 13.2. The maximum absolute atomic E-state index is 12.3. The fourth-order valence-electron chi connectivity index (χ4n) is 1.76. The number of hydrogen-bond donors (Lipinski definition) is 1. The number of nitrogens with zero attached hydrogens (tertiary/aromatic N) is 2. The molecule has 1 fully saturated rings. The van der Waals surface area contributed by atoms with Crippen LogP contribution in [0.1, 0.15) is 18.5 Å². The number of alkyl halides is 3. The number of anilines is 1. The van der Waals surface area contributed by atoms with Crippen molar-refractivity contribution in [3.8, 4) is 0 Å². The zero-order valence-electron chi connectivity index (χ0n) is 9.50. The van der Waals surface area contributed by atoms with Crippen molar-refractivity contribution >= 4 is 11.7 Å². The van der Waals surface area contributed by atoms with Gasteiger partial charge in [0.2, 0.25) is 0 Å². The van der Waals surface area contributed by atoms with Gasteiger partial charge in [0.25, 0.3) is 0 Å². The molecule has 0 saturated carbocycles. The van der Waals surface area contributed by atoms with E-state index in [0.717, 1.165) is 25.1 Å². The number of halogens is 3. The summed E-state index contributed by atoms with van der Waals surface area (Å²) in [5, 5.41) is 2.52. The summed E-state index contributed by atoms with van der Waals surface area (Å²) < 4.78 is 36.8. The number of nitrogens with one attached hydrogen (secondary N) is 1. The van der Waals surface area contributed by atoms with Gasteiger partial charge in [-0.05, 0) is 25.0 Å². The van der Waals surface area contributed by atoms with Crippen LogP contribution < -0.4 is 5.32 Å². The summed E-state index contributed by atoms with van der Waals surface area (Å²) in [6, 6.07) is 1.75. The molecule has 4 nitrogen and oxygen atoms in total. The van der Waals surface area contributed by atoms with Crippen molar-refractivity contribution in [2.75, 3.05) is 18.4 Å². The Labute approximate surface area is 102 Å². The normalized spacial score (nSPS) is 15.8. The number of carbonyl (C=O) groups is 1. The minimum atomic E-state index is -4.46. The number of aromatic nitrogens is 1. The van der Waals surface area contributed by atoms with Crippen molar-refractivity contribution in [3.63, 3.8) is 0 Å². The Bertz CT molecular complexity index is 424. The molecule has 0 bridgehead atoms. The quantitative estimate of drug-likeness (QED) is 0.842. The van der Waals surface area contributed by atoms with Gasteiger partial charge in [0.15, 0.2) is 0 Å². The predicted molar refractivity (Wildman–Crippen MR) is 59.1 cm³/mol. The van der Waals surface area contributed by atoms with Gasteiger partial charge in [-0.2, -0.15) is 13.2 Å². The van der Waals surface area contributed by atoms with E-state index in [9.17, 15) is 18.0 Å². The molecule has 0 radical (unpaired) electrons. The van der Waals surface area contributed by atoms with Crippen LogP contribution in [-0.4, -0.2) is 29.0 Å². The first-order valence-corrected chi connectivity index (χ1v) is 5.56. The van der Waals surface area contributed by atoms with E-state index in [0.29, 0.717) is 13.1 Å². The molecule has 0 unspecified atom stereocenters. The monoisotopic (exact) mass is 259 g/mol. The van der Waals surface area contributed by atoms with Gasteiger partial charge in [-0.1, -0.05) is 0 Å². The second kappa shape index (κ2) is 4.83. The topological polar surface area (TPSA) is 45.2 Å². The summed E-state index contributed by atoms with van der Waals surface area (Å²) in [7, 11) is 0. The third-order valence-electron chi connectivity index (χ3n) is 2.70. The first kappa shape index (κ1) is 12.7. The third kappa shape index (κ3) is 2.91. The average Bonchev–Trinajstić information content (AvgIpc) is 2.82. The molecule has 1 aromatic heterocycles. The highest BCUT2D eigenvalue weighted by Crippen LogP contribution is 2.27. The van der Waals surface area contributed by atoms with E-state index in [4.69, 9.17) is 0 Å². The maximum atomic E-state index is 12.3. The van der Waals surface area contributed by atoms with Crippen LogP contribution in [0, 0.1) is 0 Å². The van der Waals surface area contributed by atoms with Crippen molar-refractivity contribution < 1.29 is 18.0 Å². The van der Waals surface area contributed by atoms with Gasteiger partial charge < -0.3 is 10.2 Å². The molecule has 98 valence electrons. The molecule has 0 atom stereocenters. The Morgan fingerprint density at radius 1 is 1.28 bits per heavy atom. The summed E-state index contributed by atoms with van der Waals surface area (Å²) in [6.07, 6.45) is -1.54. The lowest BCUT2D eigenvalue weighted by Crippen LogP contribution is -2.32. The number of pyridine rings is 1. The van der Waals surface area contributed by atoms with Crippen LogP contribution in [0.15, 0.2) is 18.3 Å². The molecular weight excluding hydrogens is 247 g/mol. The van der Waals surface area contributed by atoms with Crippen LogP contribution in [0.2, 0.25) is 0 Å². The minimum absolute atomic E-state index is 0.264. The summed E-state index contributed by atoms with van der Waals surface area (Å²) in [6.45, 7) is 1.36. The van der Waals surface area contributed by atoms with Gasteiger partial charge in [0.05, 0.1) is 11.9 Å². The predicted octanol–water partition coefficient (Wildman–Crippen LogP) is 2.73. The van der Waals surface area contributed by atoms with Crippen molar-refractivity contribution in [1.82, 2.24) is 9.88 Å². The molecule has 1 aromatic rings. The molecule has 2 amide bonds. The Hall–Kier alpha value is -1.79. The summed E-state index contributed by atoms with van der Waals surface area (Å²) >= 11 is 0. The fraction of sp³-hybridized carbons (Fsp3) is 0.455. The smallest absolute Gasteiger partial charge is 0.325 e. The van der Waals surface area contributed by atoms with E-state index in [2.05, 4.69) is 10.3 Å². The number of amides is 2. The number of rotatable bonds is 1. The van der Waals surface area contributed by atoms with Gasteiger partial charge in [-0.25, -0.2) is 9.78 Å². The summed E-state index contributed by atoms with van der Waals surface area (Å²) in [4.78, 5) is 16.6. The number of likely N-dealkylation sites (tertiary alicyclic amines) is 1. The standard InChI is InChI=1S/C11H12F3N3O/c12-11(13,14)9-4-3-8(7-15-9)16-10(18)17-5-1-2-6-17/h3-4,7H,1-2,5-6H2,(H,16,18). The minimum Gasteiger partial charge on any atom is -0.325 e. The molecule has 0 aromatic carbocycles. The lowest BCUT2D eigenvalue weighted by molar-refractivity contribution is -0.141. The zero-order valence-corrected chi connectivity index (χ0v) is 9.50. The molecule has 1 saturated heterocycles. The molecule has 18 heavy (non-hydrogen) atoms. The number of hydrogen-bond acceptors (Lipinski definition) is 2. The molecule has 2 heterocycles. The highest BCUT2D eigenvalue weighted by molar-refractivity contribution is 5.89. The number of carbonyl (C=O) groups excluding carboxylic acids is 1. The third-order valence-corrected chi connectivity index (χ3v) is 2.70. The largest absolute Gasteiger partial charge is 0.433 e. The SMILES string of the molecule is O=C(Nc1ccc(C(F)(F)F)nc1)N1CCCC1. The lowest BCUT2D eigenvalue weighted by atomic mass is 10.3. The first-order chi connectivity index (χ1) is 8.47. The molecule has 1 N–H and O–H groups in total. The molecule has 1 aliphatic heterocycles. The molecule has 2 rings (SSSR count). The van der Waals surface area contributed by atoms with Crippen LogP contribution in [0.4, 0.5) is 23.7 Å². The average molecular weight is 259 g/mol. The first-order valence-electron chi connectivity index (χ1n) is 5.56. The number of urea groups is 1. The van der Waals surface area contributed by atoms with Gasteiger partial charge in [0.1, 0.15) is 5.69 Å². The van der Waals surface area contributed by atoms with E-state index in [1.807, 2.05) is 0 Å². The van der Waals surface area contributed by atoms with Crippen LogP contribution in [0.3, 0.4) is 0 Å². The molecule has 1 aliphatic rings. The molecule has 0 spiro atoms. The van der Waals surface area contributed by atoms with Crippen molar-refractivity contribution in [3.05, 3.63) is 24.0 Å². The lowest BCUT2D eigenvalue weighted by Gasteiger charge is -2.16.